The quantitative estimate of drug-likeness (QED) is 0.383. The van der Waals surface area contributed by atoms with Crippen LogP contribution in [0, 0.1) is 34.5 Å². The molecule has 5 atom stereocenters. The summed E-state index contributed by atoms with van der Waals surface area (Å²) in [5.41, 5.74) is 1.08. The van der Waals surface area contributed by atoms with Crippen LogP contribution >= 0.6 is 11.3 Å². The van der Waals surface area contributed by atoms with E-state index in [0.717, 1.165) is 32.1 Å². The van der Waals surface area contributed by atoms with Gasteiger partial charge in [-0.05, 0) is 56.3 Å². The maximum absolute atomic E-state index is 14.4. The Morgan fingerprint density at radius 1 is 0.957 bits per heavy atom. The first kappa shape index (κ1) is 34.3. The van der Waals surface area contributed by atoms with Crippen LogP contribution in [-0.2, 0) is 23.9 Å². The first-order valence-corrected chi connectivity index (χ1v) is 18.6. The molecule has 5 fully saturated rings. The third kappa shape index (κ3) is 7.39. The normalized spacial score (nSPS) is 28.1. The van der Waals surface area contributed by atoms with E-state index in [9.17, 15) is 19.2 Å². The lowest BCUT2D eigenvalue weighted by molar-refractivity contribution is -0.153. The number of hydrogen-bond acceptors (Lipinski definition) is 8. The fraction of sp³-hybridized carbons (Fsp3) is 0.800. The number of piperidine rings is 1. The second-order valence-electron chi connectivity index (χ2n) is 15.7. The summed E-state index contributed by atoms with van der Waals surface area (Å²) in [7, 11) is 1.69. The fourth-order valence-corrected chi connectivity index (χ4v) is 9.05. The third-order valence-electron chi connectivity index (χ3n) is 11.6. The summed E-state index contributed by atoms with van der Waals surface area (Å²) in [5.74, 6) is -0.199. The predicted molar refractivity (Wildman–Crippen MR) is 178 cm³/mol. The van der Waals surface area contributed by atoms with Crippen molar-refractivity contribution in [2.75, 3.05) is 59.6 Å². The lowest BCUT2D eigenvalue weighted by atomic mass is 9.70. The van der Waals surface area contributed by atoms with E-state index in [4.69, 9.17) is 9.47 Å². The Labute approximate surface area is 283 Å². The molecule has 1 aromatic rings. The van der Waals surface area contributed by atoms with Crippen LogP contribution in [0.15, 0.2) is 11.7 Å². The highest BCUT2D eigenvalue weighted by atomic mass is 32.1. The minimum Gasteiger partial charge on any atom is -0.384 e. The van der Waals surface area contributed by atoms with Gasteiger partial charge in [0.1, 0.15) is 10.9 Å². The maximum atomic E-state index is 14.4. The number of carbonyl (C=O) groups is 4. The van der Waals surface area contributed by atoms with Crippen molar-refractivity contribution >= 4 is 35.0 Å². The number of nitrogens with zero attached hydrogens (tertiary/aromatic N) is 4. The molecular weight excluding hydrogens is 618 g/mol. The maximum Gasteiger partial charge on any atom is 0.265 e. The molecule has 47 heavy (non-hydrogen) atoms. The molecule has 3 saturated heterocycles. The van der Waals surface area contributed by atoms with Crippen molar-refractivity contribution in [3.8, 4) is 0 Å². The lowest BCUT2D eigenvalue weighted by Crippen LogP contribution is -2.65. The van der Waals surface area contributed by atoms with Gasteiger partial charge in [0.2, 0.25) is 17.7 Å². The summed E-state index contributed by atoms with van der Waals surface area (Å²) in [6, 6.07) is -0.847. The van der Waals surface area contributed by atoms with Gasteiger partial charge in [-0.25, -0.2) is 0 Å². The van der Waals surface area contributed by atoms with Crippen molar-refractivity contribution in [3.05, 3.63) is 16.6 Å². The number of carbonyl (C=O) groups excluding carboxylic acids is 4. The summed E-state index contributed by atoms with van der Waals surface area (Å²) in [5, 5.41) is 3.16. The number of amides is 4. The van der Waals surface area contributed by atoms with E-state index in [2.05, 4.69) is 24.1 Å². The Bertz CT molecular complexity index is 1290. The minimum absolute atomic E-state index is 0.0124. The highest BCUT2D eigenvalue weighted by molar-refractivity contribution is 7.11. The molecule has 1 N–H and O–H groups in total. The van der Waals surface area contributed by atoms with E-state index in [1.807, 2.05) is 16.7 Å². The molecule has 0 aromatic carbocycles. The highest BCUT2D eigenvalue weighted by Gasteiger charge is 2.62. The molecule has 260 valence electrons. The molecule has 2 aliphatic carbocycles. The number of aromatic nitrogens is 1. The molecule has 4 heterocycles. The van der Waals surface area contributed by atoms with E-state index in [1.165, 1.54) is 30.6 Å². The topological polar surface area (TPSA) is 121 Å². The molecule has 0 unspecified atom stereocenters. The number of likely N-dealkylation sites (tertiary alicyclic amines) is 3. The molecular formula is C35H53N5O6S. The number of hydrogen-bond donors (Lipinski definition) is 1. The van der Waals surface area contributed by atoms with Crippen molar-refractivity contribution in [3.63, 3.8) is 0 Å². The number of methoxy groups -OCH3 is 1. The van der Waals surface area contributed by atoms with Gasteiger partial charge >= 0.3 is 0 Å². The summed E-state index contributed by atoms with van der Waals surface area (Å²) in [6.45, 7) is 10.00. The second-order valence-corrected chi connectivity index (χ2v) is 16.6. The summed E-state index contributed by atoms with van der Waals surface area (Å²) in [6.07, 6.45) is 9.74. The van der Waals surface area contributed by atoms with Gasteiger partial charge in [-0.2, -0.15) is 0 Å². The third-order valence-corrected chi connectivity index (χ3v) is 12.4. The Morgan fingerprint density at radius 3 is 2.32 bits per heavy atom. The zero-order chi connectivity index (χ0) is 33.3. The van der Waals surface area contributed by atoms with Gasteiger partial charge in [-0.3, -0.25) is 24.2 Å². The predicted octanol–water partition coefficient (Wildman–Crippen LogP) is 3.45. The van der Waals surface area contributed by atoms with Gasteiger partial charge in [0.25, 0.3) is 5.91 Å². The van der Waals surface area contributed by atoms with Crippen molar-refractivity contribution in [2.45, 2.75) is 84.3 Å². The van der Waals surface area contributed by atoms with Crippen molar-refractivity contribution in [1.82, 2.24) is 25.0 Å². The van der Waals surface area contributed by atoms with Gasteiger partial charge < -0.3 is 29.5 Å². The smallest absolute Gasteiger partial charge is 0.265 e. The van der Waals surface area contributed by atoms with Crippen LogP contribution in [0.1, 0.15) is 81.8 Å². The number of thiazole rings is 1. The zero-order valence-corrected chi connectivity index (χ0v) is 29.4. The molecule has 2 saturated carbocycles. The van der Waals surface area contributed by atoms with E-state index < -0.39 is 23.5 Å². The SMILES string of the molecule is COC[C@H]1CCCN(C(=O)[C@@H](NC(=O)[C@@H]2CN(C(=O)c3cncs3)CC23CN(C(=O)[C@H]2CC2(C)C)C3)[C@@H](C)OCC2CCCCC2)C1. The van der Waals surface area contributed by atoms with Gasteiger partial charge in [0, 0.05) is 64.3 Å². The molecule has 1 spiro atoms. The number of nitrogens with one attached hydrogen (secondary N) is 1. The van der Waals surface area contributed by atoms with E-state index in [-0.39, 0.29) is 47.4 Å². The molecule has 4 amide bonds. The van der Waals surface area contributed by atoms with E-state index in [1.54, 1.807) is 23.7 Å². The highest BCUT2D eigenvalue weighted by Crippen LogP contribution is 2.54. The van der Waals surface area contributed by atoms with Crippen LogP contribution in [-0.4, -0.2) is 115 Å². The molecule has 0 bridgehead atoms. The van der Waals surface area contributed by atoms with Crippen LogP contribution in [0.4, 0.5) is 0 Å². The molecule has 6 rings (SSSR count). The van der Waals surface area contributed by atoms with E-state index >= 15 is 0 Å². The minimum atomic E-state index is -0.847. The summed E-state index contributed by atoms with van der Waals surface area (Å²) in [4.78, 5) is 65.5. The van der Waals surface area contributed by atoms with E-state index in [0.29, 0.717) is 56.7 Å². The molecule has 12 heteroatoms. The first-order valence-electron chi connectivity index (χ1n) is 17.7. The average molecular weight is 672 g/mol. The Morgan fingerprint density at radius 2 is 1.66 bits per heavy atom. The zero-order valence-electron chi connectivity index (χ0n) is 28.6. The van der Waals surface area contributed by atoms with Crippen molar-refractivity contribution in [1.29, 1.82) is 0 Å². The summed E-state index contributed by atoms with van der Waals surface area (Å²) >= 11 is 1.28. The standard InChI is InChI=1S/C35H53N5O6S/c1-23(46-18-24-9-6-5-7-10-24)29(33(44)38-12-8-11-25(15-38)17-45-4)37-30(41)27-16-39(32(43)28-14-36-22-47-28)19-35(27)20-40(21-35)31(42)26-13-34(26,2)3/h14,22-27,29H,5-13,15-21H2,1-4H3,(H,37,41)/t23-,25+,26-,27+,29+/m1/s1. The monoisotopic (exact) mass is 671 g/mol. The van der Waals surface area contributed by atoms with Gasteiger partial charge in [0.05, 0.1) is 30.3 Å². The Balaban J connectivity index is 1.19. The molecule has 1 aromatic heterocycles. The van der Waals surface area contributed by atoms with Gasteiger partial charge in [-0.1, -0.05) is 33.1 Å². The molecule has 5 aliphatic rings. The molecule has 3 aliphatic heterocycles. The van der Waals surface area contributed by atoms with Crippen LogP contribution in [0.3, 0.4) is 0 Å². The van der Waals surface area contributed by atoms with Crippen LogP contribution in [0.5, 0.6) is 0 Å². The van der Waals surface area contributed by atoms with Gasteiger partial charge in [-0.15, -0.1) is 11.3 Å². The van der Waals surface area contributed by atoms with Gasteiger partial charge in [0.15, 0.2) is 0 Å². The lowest BCUT2D eigenvalue weighted by Gasteiger charge is -2.50. The molecule has 0 radical (unpaired) electrons. The largest absolute Gasteiger partial charge is 0.384 e. The first-order chi connectivity index (χ1) is 22.5. The van der Waals surface area contributed by atoms with Crippen LogP contribution in [0.2, 0.25) is 0 Å². The molecule has 11 nitrogen and oxygen atoms in total. The van der Waals surface area contributed by atoms with Crippen molar-refractivity contribution < 1.29 is 28.7 Å². The Hall–Kier alpha value is -2.57. The van der Waals surface area contributed by atoms with Crippen LogP contribution in [0.25, 0.3) is 0 Å². The second kappa shape index (κ2) is 14.1. The fourth-order valence-electron chi connectivity index (χ4n) is 8.47. The van der Waals surface area contributed by atoms with Crippen LogP contribution < -0.4 is 5.32 Å². The average Bonchev–Trinajstić information content (AvgIpc) is 3.41. The van der Waals surface area contributed by atoms with Crippen molar-refractivity contribution in [2.24, 2.45) is 34.5 Å². The number of rotatable bonds is 11. The Kier molecular flexibility index (Phi) is 10.3. The summed E-state index contributed by atoms with van der Waals surface area (Å²) < 4.78 is 11.8. The number of ether oxygens (including phenoxy) is 2.